The highest BCUT2D eigenvalue weighted by atomic mass is 35.5. The fourth-order valence-corrected chi connectivity index (χ4v) is 3.43. The van der Waals surface area contributed by atoms with E-state index in [4.69, 9.17) is 32.9 Å². The van der Waals surface area contributed by atoms with Crippen LogP contribution in [0.15, 0.2) is 53.8 Å². The summed E-state index contributed by atoms with van der Waals surface area (Å²) in [6, 6.07) is 13.0. The molecule has 0 saturated heterocycles. The van der Waals surface area contributed by atoms with Crippen LogP contribution in [0.3, 0.4) is 0 Å². The van der Waals surface area contributed by atoms with Gasteiger partial charge in [0, 0.05) is 21.2 Å². The van der Waals surface area contributed by atoms with Crippen molar-refractivity contribution in [3.05, 3.63) is 81.4 Å². The Morgan fingerprint density at radius 3 is 2.73 bits per heavy atom. The molecule has 0 atom stereocenters. The molecule has 130 valence electrons. The Labute approximate surface area is 159 Å². The minimum atomic E-state index is -0.495. The number of nitrogens with zero attached hydrogens (tertiary/aromatic N) is 3. The topological polar surface area (TPSA) is 56.5 Å². The average molecular weight is 386 g/mol. The lowest BCUT2D eigenvalue weighted by Crippen LogP contribution is -2.08. The molecule has 1 aliphatic heterocycles. The van der Waals surface area contributed by atoms with Gasteiger partial charge in [0.25, 0.3) is 0 Å². The van der Waals surface area contributed by atoms with E-state index >= 15 is 0 Å². The molecule has 1 aromatic heterocycles. The van der Waals surface area contributed by atoms with Crippen molar-refractivity contribution in [2.75, 3.05) is 7.11 Å². The zero-order valence-electron chi connectivity index (χ0n) is 13.7. The molecule has 0 unspecified atom stereocenters. The molecule has 0 aliphatic carbocycles. The number of ether oxygens (including phenoxy) is 1. The molecular weight excluding hydrogens is 373 g/mol. The van der Waals surface area contributed by atoms with Crippen LogP contribution in [0.4, 0.5) is 0 Å². The van der Waals surface area contributed by atoms with Crippen LogP contribution < -0.4 is 0 Å². The Hall–Kier alpha value is -2.63. The van der Waals surface area contributed by atoms with E-state index in [1.807, 2.05) is 41.0 Å². The van der Waals surface area contributed by atoms with Crippen LogP contribution in [0.1, 0.15) is 27.3 Å². The van der Waals surface area contributed by atoms with Crippen LogP contribution in [0.2, 0.25) is 10.0 Å². The van der Waals surface area contributed by atoms with Crippen molar-refractivity contribution in [2.45, 2.75) is 6.54 Å². The summed E-state index contributed by atoms with van der Waals surface area (Å²) in [5.74, 6) is -0.495. The largest absolute Gasteiger partial charge is 0.464 e. The van der Waals surface area contributed by atoms with E-state index in [1.54, 1.807) is 12.4 Å². The molecule has 3 aromatic rings. The van der Waals surface area contributed by atoms with Crippen molar-refractivity contribution >= 4 is 34.9 Å². The van der Waals surface area contributed by atoms with Gasteiger partial charge in [0.15, 0.2) is 5.69 Å². The Bertz CT molecular complexity index is 1060. The number of fused-ring (bicyclic) bond motifs is 3. The van der Waals surface area contributed by atoms with Crippen molar-refractivity contribution in [1.82, 2.24) is 9.55 Å². The van der Waals surface area contributed by atoms with E-state index in [0.717, 1.165) is 16.8 Å². The standard InChI is InChI=1S/C19H13Cl2N3O2/c1-26-19(25)18-16-9-22-17(12-4-2-3-5-14(12)21)13-8-11(20)6-7-15(13)24(16)10-23-18/h2-8,10H,9H2,1H3. The van der Waals surface area contributed by atoms with Crippen LogP contribution in [0.5, 0.6) is 0 Å². The quantitative estimate of drug-likeness (QED) is 0.617. The smallest absolute Gasteiger partial charge is 0.358 e. The molecule has 0 fully saturated rings. The van der Waals surface area contributed by atoms with Crippen LogP contribution >= 0.6 is 23.2 Å². The highest BCUT2D eigenvalue weighted by Gasteiger charge is 2.25. The molecule has 0 spiro atoms. The maximum atomic E-state index is 12.0. The van der Waals surface area contributed by atoms with Crippen molar-refractivity contribution in [3.8, 4) is 5.69 Å². The Kier molecular flexibility index (Phi) is 4.26. The highest BCUT2D eigenvalue weighted by Crippen LogP contribution is 2.30. The molecule has 26 heavy (non-hydrogen) atoms. The highest BCUT2D eigenvalue weighted by molar-refractivity contribution is 6.36. The minimum Gasteiger partial charge on any atom is -0.464 e. The third kappa shape index (κ3) is 2.69. The summed E-state index contributed by atoms with van der Waals surface area (Å²) in [5, 5.41) is 1.18. The molecular formula is C19H13Cl2N3O2. The van der Waals surface area contributed by atoms with Gasteiger partial charge in [0.2, 0.25) is 0 Å². The first kappa shape index (κ1) is 16.8. The first-order chi connectivity index (χ1) is 12.6. The molecule has 0 bridgehead atoms. The summed E-state index contributed by atoms with van der Waals surface area (Å²) in [6.45, 7) is 0.261. The van der Waals surface area contributed by atoms with Gasteiger partial charge in [-0.2, -0.15) is 0 Å². The second-order valence-corrected chi connectivity index (χ2v) is 6.55. The maximum Gasteiger partial charge on any atom is 0.358 e. The van der Waals surface area contributed by atoms with Crippen LogP contribution in [0, 0.1) is 0 Å². The van der Waals surface area contributed by atoms with E-state index in [-0.39, 0.29) is 12.2 Å². The fraction of sp³-hybridized carbons (Fsp3) is 0.105. The SMILES string of the molecule is COC(=O)c1ncn2c1CN=C(c1ccccc1Cl)c1cc(Cl)ccc1-2. The number of hydrogen-bond acceptors (Lipinski definition) is 4. The third-order valence-electron chi connectivity index (χ3n) is 4.23. The Morgan fingerprint density at radius 2 is 1.96 bits per heavy atom. The van der Waals surface area contributed by atoms with Crippen LogP contribution in [-0.4, -0.2) is 28.3 Å². The molecule has 0 amide bonds. The molecule has 2 heterocycles. The molecule has 1 aliphatic rings. The molecule has 7 heteroatoms. The van der Waals surface area contributed by atoms with Gasteiger partial charge in [-0.3, -0.25) is 9.56 Å². The number of imidazole rings is 1. The first-order valence-electron chi connectivity index (χ1n) is 7.84. The van der Waals surface area contributed by atoms with Gasteiger partial charge < -0.3 is 4.74 Å². The summed E-state index contributed by atoms with van der Waals surface area (Å²) in [6.07, 6.45) is 1.60. The summed E-state index contributed by atoms with van der Waals surface area (Å²) in [5.41, 5.74) is 4.06. The minimum absolute atomic E-state index is 0.248. The van der Waals surface area contributed by atoms with Gasteiger partial charge in [-0.15, -0.1) is 0 Å². The zero-order chi connectivity index (χ0) is 18.3. The number of rotatable bonds is 2. The molecule has 4 rings (SSSR count). The predicted molar refractivity (Wildman–Crippen MR) is 101 cm³/mol. The molecule has 0 radical (unpaired) electrons. The van der Waals surface area contributed by atoms with Crippen LogP contribution in [0.25, 0.3) is 5.69 Å². The van der Waals surface area contributed by atoms with E-state index in [1.165, 1.54) is 7.11 Å². The van der Waals surface area contributed by atoms with Gasteiger partial charge in [-0.25, -0.2) is 9.78 Å². The van der Waals surface area contributed by atoms with E-state index in [2.05, 4.69) is 4.98 Å². The number of carbonyl (C=O) groups excluding carboxylic acids is 1. The Morgan fingerprint density at radius 1 is 1.15 bits per heavy atom. The third-order valence-corrected chi connectivity index (χ3v) is 4.80. The molecule has 2 aromatic carbocycles. The number of benzene rings is 2. The number of halogens is 2. The number of methoxy groups -OCH3 is 1. The van der Waals surface area contributed by atoms with Gasteiger partial charge in [0.05, 0.1) is 30.7 Å². The second-order valence-electron chi connectivity index (χ2n) is 5.71. The van der Waals surface area contributed by atoms with E-state index in [0.29, 0.717) is 21.5 Å². The van der Waals surface area contributed by atoms with Crippen molar-refractivity contribution < 1.29 is 9.53 Å². The summed E-state index contributed by atoms with van der Waals surface area (Å²) >= 11 is 12.6. The fourth-order valence-electron chi connectivity index (χ4n) is 3.03. The number of hydrogen-bond donors (Lipinski definition) is 0. The van der Waals surface area contributed by atoms with E-state index < -0.39 is 5.97 Å². The van der Waals surface area contributed by atoms with Crippen molar-refractivity contribution in [2.24, 2.45) is 4.99 Å². The zero-order valence-corrected chi connectivity index (χ0v) is 15.3. The number of carbonyl (C=O) groups is 1. The Balaban J connectivity index is 1.98. The molecule has 5 nitrogen and oxygen atoms in total. The molecule has 0 saturated carbocycles. The van der Waals surface area contributed by atoms with E-state index in [9.17, 15) is 4.79 Å². The first-order valence-corrected chi connectivity index (χ1v) is 8.60. The second kappa shape index (κ2) is 6.59. The van der Waals surface area contributed by atoms with Gasteiger partial charge in [-0.05, 0) is 24.3 Å². The van der Waals surface area contributed by atoms with Gasteiger partial charge >= 0.3 is 5.97 Å². The normalized spacial score (nSPS) is 12.7. The lowest BCUT2D eigenvalue weighted by Gasteiger charge is -2.13. The summed E-state index contributed by atoms with van der Waals surface area (Å²) in [4.78, 5) is 21.0. The monoisotopic (exact) mass is 385 g/mol. The van der Waals surface area contributed by atoms with Gasteiger partial charge in [-0.1, -0.05) is 41.4 Å². The molecule has 0 N–H and O–H groups in total. The predicted octanol–water partition coefficient (Wildman–Crippen LogP) is 4.32. The average Bonchev–Trinajstić information content (AvgIpc) is 3.00. The number of aromatic nitrogens is 2. The van der Waals surface area contributed by atoms with Gasteiger partial charge in [0.1, 0.15) is 6.33 Å². The summed E-state index contributed by atoms with van der Waals surface area (Å²) in [7, 11) is 1.33. The lowest BCUT2D eigenvalue weighted by atomic mass is 10.0. The summed E-state index contributed by atoms with van der Waals surface area (Å²) < 4.78 is 6.67. The van der Waals surface area contributed by atoms with Crippen molar-refractivity contribution in [3.63, 3.8) is 0 Å². The van der Waals surface area contributed by atoms with Crippen molar-refractivity contribution in [1.29, 1.82) is 0 Å². The van der Waals surface area contributed by atoms with Crippen LogP contribution in [-0.2, 0) is 11.3 Å². The lowest BCUT2D eigenvalue weighted by molar-refractivity contribution is 0.0593. The number of aliphatic imine (C=N–C) groups is 1. The number of esters is 1. The maximum absolute atomic E-state index is 12.0.